The van der Waals surface area contributed by atoms with Gasteiger partial charge in [0.15, 0.2) is 5.65 Å². The van der Waals surface area contributed by atoms with E-state index in [0.717, 1.165) is 17.5 Å². The van der Waals surface area contributed by atoms with Gasteiger partial charge in [0.25, 0.3) is 6.01 Å². The molecule has 170 valence electrons. The first kappa shape index (κ1) is 21.8. The number of benzene rings is 2. The Balaban J connectivity index is 1.38. The number of nitrogens with zero attached hydrogens (tertiary/aromatic N) is 2. The first-order chi connectivity index (χ1) is 16.0. The summed E-state index contributed by atoms with van der Waals surface area (Å²) in [6.07, 6.45) is 1.08. The number of hydrogen-bond donors (Lipinski definition) is 3. The van der Waals surface area contributed by atoms with Crippen molar-refractivity contribution < 1.29 is 19.3 Å². The van der Waals surface area contributed by atoms with Gasteiger partial charge in [0.2, 0.25) is 0 Å². The molecule has 0 bridgehead atoms. The van der Waals surface area contributed by atoms with Crippen LogP contribution < -0.4 is 4.74 Å². The Kier molecular flexibility index (Phi) is 6.01. The lowest BCUT2D eigenvalue weighted by Gasteiger charge is -2.31. The molecule has 1 aliphatic carbocycles. The van der Waals surface area contributed by atoms with Gasteiger partial charge in [0.1, 0.15) is 11.9 Å². The smallest absolute Gasteiger partial charge is 0.296 e. The number of fused-ring (bicyclic) bond motifs is 1. The normalized spacial score (nSPS) is 20.8. The van der Waals surface area contributed by atoms with Crippen molar-refractivity contribution in [3.8, 4) is 28.4 Å². The summed E-state index contributed by atoms with van der Waals surface area (Å²) >= 11 is 6.50. The molecule has 1 saturated carbocycles. The van der Waals surface area contributed by atoms with Crippen molar-refractivity contribution in [2.24, 2.45) is 5.92 Å². The van der Waals surface area contributed by atoms with Gasteiger partial charge in [0, 0.05) is 30.1 Å². The molecule has 6 nitrogen and oxygen atoms in total. The van der Waals surface area contributed by atoms with E-state index in [4.69, 9.17) is 16.3 Å². The standard InChI is InChI=1S/C25H23ClFN3O3/c26-19-12-21-24(30-25(28-21)33-17-10-9-16(13-31)22(32)11-17)29-23(19)15-7-5-14(6-8-15)18-3-1-2-4-20(18)27/h1-8,12,16-17,22,31-32H,9-11,13H2,(H,28,29,30)/t16-,17+,22+/m1/s1. The second-order valence-corrected chi connectivity index (χ2v) is 8.76. The van der Waals surface area contributed by atoms with E-state index < -0.39 is 6.10 Å². The second kappa shape index (κ2) is 9.09. The van der Waals surface area contributed by atoms with E-state index in [1.807, 2.05) is 24.3 Å². The van der Waals surface area contributed by atoms with E-state index in [1.165, 1.54) is 6.07 Å². The molecule has 0 aliphatic heterocycles. The van der Waals surface area contributed by atoms with Crippen LogP contribution in [0.2, 0.25) is 5.02 Å². The molecule has 2 aromatic carbocycles. The molecule has 3 atom stereocenters. The lowest BCUT2D eigenvalue weighted by atomic mass is 9.85. The molecular weight excluding hydrogens is 445 g/mol. The SMILES string of the molecule is OC[C@H]1CC[C@H](Oc2nc3nc(-c4ccc(-c5ccccc5F)cc4)c(Cl)cc3[nH]2)C[C@@H]1O. The van der Waals surface area contributed by atoms with Gasteiger partial charge in [-0.3, -0.25) is 0 Å². The molecule has 1 fully saturated rings. The minimum atomic E-state index is -0.593. The summed E-state index contributed by atoms with van der Waals surface area (Å²) in [4.78, 5) is 12.1. The van der Waals surface area contributed by atoms with Crippen LogP contribution in [0.3, 0.4) is 0 Å². The number of rotatable bonds is 5. The van der Waals surface area contributed by atoms with Crippen molar-refractivity contribution in [2.45, 2.75) is 31.5 Å². The molecule has 2 aromatic heterocycles. The summed E-state index contributed by atoms with van der Waals surface area (Å²) in [6, 6.07) is 16.1. The van der Waals surface area contributed by atoms with Crippen molar-refractivity contribution in [1.82, 2.24) is 15.0 Å². The average molecular weight is 468 g/mol. The summed E-state index contributed by atoms with van der Waals surface area (Å²) in [5, 5.41) is 19.9. The molecule has 4 aromatic rings. The van der Waals surface area contributed by atoms with Crippen LogP contribution in [0.5, 0.6) is 6.01 Å². The van der Waals surface area contributed by atoms with Crippen LogP contribution in [0.25, 0.3) is 33.5 Å². The highest BCUT2D eigenvalue weighted by Gasteiger charge is 2.30. The van der Waals surface area contributed by atoms with Gasteiger partial charge in [-0.05, 0) is 30.5 Å². The number of aliphatic hydroxyl groups excluding tert-OH is 2. The van der Waals surface area contributed by atoms with Crippen LogP contribution in [0, 0.1) is 11.7 Å². The Bertz CT molecular complexity index is 1280. The van der Waals surface area contributed by atoms with Gasteiger partial charge in [-0.25, -0.2) is 9.37 Å². The molecule has 8 heteroatoms. The molecular formula is C25H23ClFN3O3. The van der Waals surface area contributed by atoms with Crippen LogP contribution in [-0.4, -0.2) is 44.0 Å². The number of halogens is 2. The number of hydrogen-bond acceptors (Lipinski definition) is 5. The summed E-state index contributed by atoms with van der Waals surface area (Å²) < 4.78 is 20.0. The van der Waals surface area contributed by atoms with Gasteiger partial charge in [-0.1, -0.05) is 54.1 Å². The Morgan fingerprint density at radius 2 is 1.82 bits per heavy atom. The zero-order valence-electron chi connectivity index (χ0n) is 17.7. The van der Waals surface area contributed by atoms with E-state index in [9.17, 15) is 14.6 Å². The molecule has 3 N–H and O–H groups in total. The number of aromatic amines is 1. The predicted octanol–water partition coefficient (Wildman–Crippen LogP) is 4.99. The lowest BCUT2D eigenvalue weighted by Crippen LogP contribution is -2.36. The monoisotopic (exact) mass is 467 g/mol. The van der Waals surface area contributed by atoms with Crippen LogP contribution in [0.4, 0.5) is 4.39 Å². The third kappa shape index (κ3) is 4.44. The van der Waals surface area contributed by atoms with Crippen LogP contribution in [0.15, 0.2) is 54.6 Å². The highest BCUT2D eigenvalue weighted by atomic mass is 35.5. The van der Waals surface area contributed by atoms with Gasteiger partial charge in [-0.15, -0.1) is 0 Å². The first-order valence-corrected chi connectivity index (χ1v) is 11.3. The molecule has 33 heavy (non-hydrogen) atoms. The van der Waals surface area contributed by atoms with Crippen LogP contribution in [-0.2, 0) is 0 Å². The van der Waals surface area contributed by atoms with Gasteiger partial charge in [-0.2, -0.15) is 4.98 Å². The Labute approximate surface area is 195 Å². The zero-order valence-corrected chi connectivity index (χ0v) is 18.5. The number of ether oxygens (including phenoxy) is 1. The molecule has 2 heterocycles. The lowest BCUT2D eigenvalue weighted by molar-refractivity contribution is -0.0113. The Morgan fingerprint density at radius 3 is 2.55 bits per heavy atom. The molecule has 0 amide bonds. The van der Waals surface area contributed by atoms with Crippen molar-refractivity contribution in [3.05, 3.63) is 65.4 Å². The van der Waals surface area contributed by atoms with E-state index in [2.05, 4.69) is 15.0 Å². The van der Waals surface area contributed by atoms with Gasteiger partial charge in [0.05, 0.1) is 22.3 Å². The quantitative estimate of drug-likeness (QED) is 0.385. The zero-order chi connectivity index (χ0) is 22.9. The maximum absolute atomic E-state index is 14.1. The summed E-state index contributed by atoms with van der Waals surface area (Å²) in [7, 11) is 0. The number of nitrogens with one attached hydrogen (secondary N) is 1. The minimum Gasteiger partial charge on any atom is -0.461 e. The van der Waals surface area contributed by atoms with Crippen LogP contribution >= 0.6 is 11.6 Å². The molecule has 0 radical (unpaired) electrons. The van der Waals surface area contributed by atoms with Crippen molar-refractivity contribution in [3.63, 3.8) is 0 Å². The van der Waals surface area contributed by atoms with Gasteiger partial charge < -0.3 is 19.9 Å². The van der Waals surface area contributed by atoms with Crippen molar-refractivity contribution >= 4 is 22.8 Å². The number of aliphatic hydroxyl groups is 2. The summed E-state index contributed by atoms with van der Waals surface area (Å²) in [5.74, 6) is -0.377. The van der Waals surface area contributed by atoms with E-state index in [1.54, 1.807) is 24.3 Å². The fourth-order valence-corrected chi connectivity index (χ4v) is 4.57. The highest BCUT2D eigenvalue weighted by molar-refractivity contribution is 6.33. The van der Waals surface area contributed by atoms with Gasteiger partial charge >= 0.3 is 0 Å². The van der Waals surface area contributed by atoms with Crippen LogP contribution in [0.1, 0.15) is 19.3 Å². The maximum atomic E-state index is 14.1. The second-order valence-electron chi connectivity index (χ2n) is 8.35. The third-order valence-electron chi connectivity index (χ3n) is 6.17. The molecule has 0 unspecified atom stereocenters. The number of H-pyrrole nitrogens is 1. The summed E-state index contributed by atoms with van der Waals surface area (Å²) in [5.41, 5.74) is 3.77. The number of aromatic nitrogens is 3. The fourth-order valence-electron chi connectivity index (χ4n) is 4.31. The predicted molar refractivity (Wildman–Crippen MR) is 125 cm³/mol. The topological polar surface area (TPSA) is 91.3 Å². The molecule has 0 saturated heterocycles. The van der Waals surface area contributed by atoms with E-state index in [-0.39, 0.29) is 24.4 Å². The van der Waals surface area contributed by atoms with E-state index in [0.29, 0.717) is 46.3 Å². The molecule has 0 spiro atoms. The Hall–Kier alpha value is -3.00. The molecule has 5 rings (SSSR count). The fraction of sp³-hybridized carbons (Fsp3) is 0.280. The largest absolute Gasteiger partial charge is 0.461 e. The number of imidazole rings is 1. The molecule has 1 aliphatic rings. The van der Waals surface area contributed by atoms with E-state index >= 15 is 0 Å². The average Bonchev–Trinajstić information content (AvgIpc) is 3.20. The van der Waals surface area contributed by atoms with Crippen molar-refractivity contribution in [2.75, 3.05) is 6.61 Å². The third-order valence-corrected chi connectivity index (χ3v) is 6.46. The Morgan fingerprint density at radius 1 is 1.06 bits per heavy atom. The van der Waals surface area contributed by atoms with Crippen molar-refractivity contribution in [1.29, 1.82) is 0 Å². The first-order valence-electron chi connectivity index (χ1n) is 10.9. The summed E-state index contributed by atoms with van der Waals surface area (Å²) in [6.45, 7) is -0.0228. The highest BCUT2D eigenvalue weighted by Crippen LogP contribution is 2.32. The maximum Gasteiger partial charge on any atom is 0.296 e. The minimum absolute atomic E-state index is 0.0228. The number of pyridine rings is 1.